The standard InChI is InChI=1S/C44H38O4/c45-21-7-23-47-43-30-42(40-16-6-14-36(28-40)38-20-18-32-10-2-4-12-34(32)26-38)44(48-24-8-22-46)29-41(43)39-15-5-13-35(27-39)37-19-17-31-9-1-3-11-33(31)25-37/h1-6,9-20,25-30,45-46H,7-8,21-24H2. The van der Waals surface area contributed by atoms with Gasteiger partial charge in [0.05, 0.1) is 13.2 Å². The third kappa shape index (κ3) is 6.82. The second-order valence-corrected chi connectivity index (χ2v) is 12.0. The number of fused-ring (bicyclic) bond motifs is 2. The molecule has 48 heavy (non-hydrogen) atoms. The van der Waals surface area contributed by atoms with Crippen LogP contribution in [0.1, 0.15) is 12.8 Å². The van der Waals surface area contributed by atoms with Crippen LogP contribution >= 0.6 is 0 Å². The molecule has 4 nitrogen and oxygen atoms in total. The summed E-state index contributed by atoms with van der Waals surface area (Å²) in [5.74, 6) is 1.44. The van der Waals surface area contributed by atoms with Crippen LogP contribution in [0.4, 0.5) is 0 Å². The van der Waals surface area contributed by atoms with Crippen molar-refractivity contribution < 1.29 is 19.7 Å². The zero-order valence-electron chi connectivity index (χ0n) is 26.8. The lowest BCUT2D eigenvalue weighted by molar-refractivity contribution is 0.231. The van der Waals surface area contributed by atoms with E-state index >= 15 is 0 Å². The molecule has 0 radical (unpaired) electrons. The van der Waals surface area contributed by atoms with Crippen LogP contribution in [-0.2, 0) is 0 Å². The van der Waals surface area contributed by atoms with Crippen molar-refractivity contribution in [1.82, 2.24) is 0 Å². The third-order valence-corrected chi connectivity index (χ3v) is 8.71. The minimum absolute atomic E-state index is 0.0514. The maximum Gasteiger partial charge on any atom is 0.128 e. The molecule has 0 aliphatic heterocycles. The summed E-state index contributed by atoms with van der Waals surface area (Å²) in [6.45, 7) is 0.871. The Morgan fingerprint density at radius 1 is 0.354 bits per heavy atom. The van der Waals surface area contributed by atoms with Crippen molar-refractivity contribution in [2.45, 2.75) is 12.8 Å². The van der Waals surface area contributed by atoms with E-state index in [1.165, 1.54) is 21.5 Å². The lowest BCUT2D eigenvalue weighted by Crippen LogP contribution is -2.04. The van der Waals surface area contributed by atoms with Crippen LogP contribution in [0.2, 0.25) is 0 Å². The lowest BCUT2D eigenvalue weighted by atomic mass is 9.93. The molecule has 238 valence electrons. The summed E-state index contributed by atoms with van der Waals surface area (Å²) in [4.78, 5) is 0. The predicted octanol–water partition coefficient (Wildman–Crippen LogP) is 10.2. The van der Waals surface area contributed by atoms with Crippen molar-refractivity contribution in [2.75, 3.05) is 26.4 Å². The zero-order valence-corrected chi connectivity index (χ0v) is 26.8. The second kappa shape index (κ2) is 14.6. The monoisotopic (exact) mass is 630 g/mol. The summed E-state index contributed by atoms with van der Waals surface area (Å²) >= 11 is 0. The number of benzene rings is 7. The average molecular weight is 631 g/mol. The lowest BCUT2D eigenvalue weighted by Gasteiger charge is -2.19. The molecule has 0 fully saturated rings. The van der Waals surface area contributed by atoms with Crippen molar-refractivity contribution >= 4 is 21.5 Å². The van der Waals surface area contributed by atoms with Crippen molar-refractivity contribution in [3.05, 3.63) is 146 Å². The van der Waals surface area contributed by atoms with Crippen molar-refractivity contribution in [1.29, 1.82) is 0 Å². The van der Waals surface area contributed by atoms with Crippen molar-refractivity contribution in [2.24, 2.45) is 0 Å². The molecular formula is C44H38O4. The summed E-state index contributed by atoms with van der Waals surface area (Å²) < 4.78 is 12.8. The van der Waals surface area contributed by atoms with Crippen LogP contribution in [0.25, 0.3) is 66.1 Å². The van der Waals surface area contributed by atoms with Gasteiger partial charge in [-0.25, -0.2) is 0 Å². The van der Waals surface area contributed by atoms with E-state index in [4.69, 9.17) is 9.47 Å². The number of aliphatic hydroxyl groups excluding tert-OH is 2. The van der Waals surface area contributed by atoms with Crippen LogP contribution < -0.4 is 9.47 Å². The smallest absolute Gasteiger partial charge is 0.128 e. The number of hydrogen-bond donors (Lipinski definition) is 2. The number of rotatable bonds is 12. The minimum Gasteiger partial charge on any atom is -0.493 e. The third-order valence-electron chi connectivity index (χ3n) is 8.71. The van der Waals surface area contributed by atoms with E-state index in [-0.39, 0.29) is 13.2 Å². The fourth-order valence-electron chi connectivity index (χ4n) is 6.21. The molecule has 0 saturated heterocycles. The largest absolute Gasteiger partial charge is 0.493 e. The van der Waals surface area contributed by atoms with E-state index in [2.05, 4.69) is 146 Å². The summed E-state index contributed by atoms with van der Waals surface area (Å²) in [5, 5.41) is 23.9. The molecule has 0 aliphatic rings. The summed E-state index contributed by atoms with van der Waals surface area (Å²) in [6.07, 6.45) is 1.05. The van der Waals surface area contributed by atoms with E-state index in [1.807, 2.05) is 0 Å². The highest BCUT2D eigenvalue weighted by atomic mass is 16.5. The normalized spacial score (nSPS) is 11.2. The first-order valence-electron chi connectivity index (χ1n) is 16.5. The quantitative estimate of drug-likeness (QED) is 0.132. The van der Waals surface area contributed by atoms with E-state index in [0.29, 0.717) is 26.1 Å². The van der Waals surface area contributed by atoms with Gasteiger partial charge in [0.15, 0.2) is 0 Å². The fourth-order valence-corrected chi connectivity index (χ4v) is 6.21. The Balaban J connectivity index is 1.33. The van der Waals surface area contributed by atoms with Crippen LogP contribution in [0.15, 0.2) is 146 Å². The van der Waals surface area contributed by atoms with Gasteiger partial charge in [0.1, 0.15) is 11.5 Å². The van der Waals surface area contributed by atoms with Gasteiger partial charge in [-0.2, -0.15) is 0 Å². The van der Waals surface area contributed by atoms with Crippen LogP contribution in [0.5, 0.6) is 11.5 Å². The molecule has 7 aromatic rings. The first kappa shape index (κ1) is 31.2. The molecule has 0 atom stereocenters. The second-order valence-electron chi connectivity index (χ2n) is 12.0. The highest BCUT2D eigenvalue weighted by molar-refractivity contribution is 5.90. The molecule has 0 heterocycles. The molecule has 0 aliphatic carbocycles. The molecule has 0 unspecified atom stereocenters. The summed E-state index contributed by atoms with van der Waals surface area (Å²) in [6, 6.07) is 51.0. The van der Waals surface area contributed by atoms with Crippen LogP contribution in [-0.4, -0.2) is 36.6 Å². The van der Waals surface area contributed by atoms with Gasteiger partial charge >= 0.3 is 0 Å². The Hall–Kier alpha value is -5.42. The molecule has 0 amide bonds. The highest BCUT2D eigenvalue weighted by Crippen LogP contribution is 2.43. The van der Waals surface area contributed by atoms with Crippen molar-refractivity contribution in [3.63, 3.8) is 0 Å². The van der Waals surface area contributed by atoms with Gasteiger partial charge in [-0.3, -0.25) is 0 Å². The first-order chi connectivity index (χ1) is 23.7. The molecule has 2 N–H and O–H groups in total. The van der Waals surface area contributed by atoms with Gasteiger partial charge in [-0.1, -0.05) is 109 Å². The Kier molecular flexibility index (Phi) is 9.46. The highest BCUT2D eigenvalue weighted by Gasteiger charge is 2.17. The molecule has 7 aromatic carbocycles. The Bertz CT molecular complexity index is 2030. The van der Waals surface area contributed by atoms with E-state index < -0.39 is 0 Å². The first-order valence-corrected chi connectivity index (χ1v) is 16.5. The number of ether oxygens (including phenoxy) is 2. The van der Waals surface area contributed by atoms with Gasteiger partial charge in [0.25, 0.3) is 0 Å². The zero-order chi connectivity index (χ0) is 32.7. The summed E-state index contributed by atoms with van der Waals surface area (Å²) in [7, 11) is 0. The topological polar surface area (TPSA) is 58.9 Å². The van der Waals surface area contributed by atoms with E-state index in [0.717, 1.165) is 56.0 Å². The van der Waals surface area contributed by atoms with Gasteiger partial charge in [0.2, 0.25) is 0 Å². The minimum atomic E-state index is 0.0514. The van der Waals surface area contributed by atoms with Gasteiger partial charge in [0, 0.05) is 37.2 Å². The molecule has 0 bridgehead atoms. The summed E-state index contributed by atoms with van der Waals surface area (Å²) in [5.41, 5.74) is 8.31. The molecular weight excluding hydrogens is 592 g/mol. The van der Waals surface area contributed by atoms with Gasteiger partial charge in [-0.15, -0.1) is 0 Å². The van der Waals surface area contributed by atoms with E-state index in [1.54, 1.807) is 0 Å². The average Bonchev–Trinajstić information content (AvgIpc) is 3.15. The van der Waals surface area contributed by atoms with Crippen LogP contribution in [0.3, 0.4) is 0 Å². The van der Waals surface area contributed by atoms with Crippen molar-refractivity contribution in [3.8, 4) is 56.0 Å². The van der Waals surface area contributed by atoms with Gasteiger partial charge in [-0.05, 0) is 91.3 Å². The number of hydrogen-bond acceptors (Lipinski definition) is 4. The molecule has 0 saturated carbocycles. The Morgan fingerprint density at radius 2 is 0.750 bits per heavy atom. The molecule has 0 aromatic heterocycles. The molecule has 4 heteroatoms. The number of aliphatic hydroxyl groups is 2. The predicted molar refractivity (Wildman–Crippen MR) is 198 cm³/mol. The van der Waals surface area contributed by atoms with Gasteiger partial charge < -0.3 is 19.7 Å². The molecule has 0 spiro atoms. The fraction of sp³-hybridized carbons (Fsp3) is 0.136. The molecule has 7 rings (SSSR count). The Morgan fingerprint density at radius 3 is 1.19 bits per heavy atom. The van der Waals surface area contributed by atoms with E-state index in [9.17, 15) is 10.2 Å². The van der Waals surface area contributed by atoms with Crippen LogP contribution in [0, 0.1) is 0 Å². The Labute approximate surface area is 281 Å². The maximum absolute atomic E-state index is 9.55. The maximum atomic E-state index is 9.55. The SMILES string of the molecule is OCCCOc1cc(-c2cccc(-c3ccc4ccccc4c3)c2)c(OCCCO)cc1-c1cccc(-c2ccc3ccccc3c2)c1.